The van der Waals surface area contributed by atoms with E-state index in [9.17, 15) is 4.79 Å². The molecule has 3 heterocycles. The molecule has 9 nitrogen and oxygen atoms in total. The number of benzene rings is 2. The van der Waals surface area contributed by atoms with Crippen LogP contribution in [0.4, 0.5) is 0 Å². The van der Waals surface area contributed by atoms with Gasteiger partial charge in [-0.2, -0.15) is 0 Å². The molecule has 0 saturated carbocycles. The van der Waals surface area contributed by atoms with E-state index in [-0.39, 0.29) is 41.8 Å². The van der Waals surface area contributed by atoms with Crippen molar-refractivity contribution in [3.8, 4) is 51.6 Å². The lowest BCUT2D eigenvalue weighted by Gasteiger charge is -2.13. The summed E-state index contributed by atoms with van der Waals surface area (Å²) >= 11 is 0. The molecule has 2 aliphatic rings. The molecule has 0 amide bonds. The maximum atomic E-state index is 13.3. The van der Waals surface area contributed by atoms with Gasteiger partial charge in [0, 0.05) is 11.6 Å². The number of rotatable bonds is 4. The van der Waals surface area contributed by atoms with Crippen molar-refractivity contribution >= 4 is 11.0 Å². The summed E-state index contributed by atoms with van der Waals surface area (Å²) < 4.78 is 44.1. The standard InChI is InChI=1S/C20H16O9/c1-22-11-4-9(5-12-17(11)27-7-25-12)16-20(24-3)15(21)14-10(29-16)6-13-18(19(14)23-2)28-8-26-13/h4-6H,7-8H2,1-3H3. The second-order valence-corrected chi connectivity index (χ2v) is 6.22. The Kier molecular flexibility index (Phi) is 3.83. The zero-order valence-electron chi connectivity index (χ0n) is 15.8. The van der Waals surface area contributed by atoms with Crippen LogP contribution in [0.5, 0.6) is 40.2 Å². The van der Waals surface area contributed by atoms with Crippen LogP contribution in [0.15, 0.2) is 27.4 Å². The van der Waals surface area contributed by atoms with Gasteiger partial charge in [0.25, 0.3) is 0 Å². The van der Waals surface area contributed by atoms with Gasteiger partial charge in [0.1, 0.15) is 11.0 Å². The maximum absolute atomic E-state index is 13.3. The molecule has 0 bridgehead atoms. The Morgan fingerprint density at radius 3 is 2.17 bits per heavy atom. The van der Waals surface area contributed by atoms with Crippen molar-refractivity contribution in [3.05, 3.63) is 28.4 Å². The van der Waals surface area contributed by atoms with E-state index >= 15 is 0 Å². The van der Waals surface area contributed by atoms with Crippen molar-refractivity contribution < 1.29 is 37.6 Å². The first-order valence-corrected chi connectivity index (χ1v) is 8.65. The molecule has 9 heteroatoms. The third kappa shape index (κ3) is 2.43. The largest absolute Gasteiger partial charge is 0.493 e. The van der Waals surface area contributed by atoms with E-state index in [1.165, 1.54) is 21.3 Å². The van der Waals surface area contributed by atoms with Gasteiger partial charge in [0.15, 0.2) is 28.8 Å². The number of hydrogen-bond acceptors (Lipinski definition) is 9. The molecule has 0 atom stereocenters. The molecule has 150 valence electrons. The predicted octanol–water partition coefficient (Wildman–Crippen LogP) is 2.94. The minimum Gasteiger partial charge on any atom is -0.493 e. The van der Waals surface area contributed by atoms with E-state index in [1.807, 2.05) is 0 Å². The molecule has 0 N–H and O–H groups in total. The lowest BCUT2D eigenvalue weighted by atomic mass is 10.1. The fourth-order valence-electron chi connectivity index (χ4n) is 3.49. The van der Waals surface area contributed by atoms with Crippen molar-refractivity contribution in [1.29, 1.82) is 0 Å². The van der Waals surface area contributed by atoms with Crippen LogP contribution in [0, 0.1) is 0 Å². The van der Waals surface area contributed by atoms with Gasteiger partial charge in [0.2, 0.25) is 36.3 Å². The summed E-state index contributed by atoms with van der Waals surface area (Å²) in [5, 5.41) is 0.199. The highest BCUT2D eigenvalue weighted by molar-refractivity contribution is 5.92. The highest BCUT2D eigenvalue weighted by Crippen LogP contribution is 2.48. The summed E-state index contributed by atoms with van der Waals surface area (Å²) in [5.74, 6) is 2.65. The van der Waals surface area contributed by atoms with Crippen molar-refractivity contribution in [2.24, 2.45) is 0 Å². The Bertz CT molecular complexity index is 1200. The molecule has 0 radical (unpaired) electrons. The van der Waals surface area contributed by atoms with E-state index in [2.05, 4.69) is 0 Å². The first-order valence-electron chi connectivity index (χ1n) is 8.65. The highest BCUT2D eigenvalue weighted by Gasteiger charge is 2.29. The molecule has 0 fully saturated rings. The summed E-state index contributed by atoms with van der Waals surface area (Å²) in [4.78, 5) is 13.3. The van der Waals surface area contributed by atoms with E-state index in [0.29, 0.717) is 34.3 Å². The molecule has 0 spiro atoms. The van der Waals surface area contributed by atoms with Gasteiger partial charge in [-0.1, -0.05) is 0 Å². The zero-order valence-corrected chi connectivity index (χ0v) is 15.8. The van der Waals surface area contributed by atoms with Crippen molar-refractivity contribution in [2.45, 2.75) is 0 Å². The summed E-state index contributed by atoms with van der Waals surface area (Å²) in [7, 11) is 4.35. The molecule has 3 aromatic rings. The Labute approximate surface area is 164 Å². The van der Waals surface area contributed by atoms with E-state index < -0.39 is 5.43 Å². The molecule has 0 aliphatic carbocycles. The summed E-state index contributed by atoms with van der Waals surface area (Å²) in [5.41, 5.74) is 0.387. The normalized spacial score (nSPS) is 13.6. The molecule has 29 heavy (non-hydrogen) atoms. The smallest absolute Gasteiger partial charge is 0.239 e. The van der Waals surface area contributed by atoms with Crippen molar-refractivity contribution in [1.82, 2.24) is 0 Å². The molecule has 1 aromatic heterocycles. The predicted molar refractivity (Wildman–Crippen MR) is 99.8 cm³/mol. The topological polar surface area (TPSA) is 94.8 Å². The van der Waals surface area contributed by atoms with E-state index in [4.69, 9.17) is 37.6 Å². The molecule has 0 unspecified atom stereocenters. The van der Waals surface area contributed by atoms with Gasteiger partial charge < -0.3 is 37.6 Å². The second kappa shape index (κ2) is 6.40. The first kappa shape index (κ1) is 17.4. The van der Waals surface area contributed by atoms with Gasteiger partial charge in [-0.15, -0.1) is 0 Å². The van der Waals surface area contributed by atoms with Crippen LogP contribution < -0.4 is 38.6 Å². The molecular formula is C20H16O9. The Morgan fingerprint density at radius 2 is 1.48 bits per heavy atom. The second-order valence-electron chi connectivity index (χ2n) is 6.22. The molecule has 5 rings (SSSR count). The maximum Gasteiger partial charge on any atom is 0.239 e. The van der Waals surface area contributed by atoms with Crippen molar-refractivity contribution in [2.75, 3.05) is 34.9 Å². The molecular weight excluding hydrogens is 384 g/mol. The lowest BCUT2D eigenvalue weighted by Crippen LogP contribution is -2.09. The average molecular weight is 400 g/mol. The molecule has 2 aliphatic heterocycles. The summed E-state index contributed by atoms with van der Waals surface area (Å²) in [6.45, 7) is 0.105. The van der Waals surface area contributed by atoms with E-state index in [0.717, 1.165) is 0 Å². The number of ether oxygens (including phenoxy) is 7. The minimum absolute atomic E-state index is 0.00980. The quantitative estimate of drug-likeness (QED) is 0.655. The van der Waals surface area contributed by atoms with Crippen LogP contribution in [-0.4, -0.2) is 34.9 Å². The number of methoxy groups -OCH3 is 3. The van der Waals surface area contributed by atoms with E-state index in [1.54, 1.807) is 18.2 Å². The number of fused-ring (bicyclic) bond motifs is 3. The Balaban J connectivity index is 1.82. The third-order valence-corrected chi connectivity index (χ3v) is 4.76. The van der Waals surface area contributed by atoms with Gasteiger partial charge in [-0.05, 0) is 12.1 Å². The van der Waals surface area contributed by atoms with Gasteiger partial charge in [-0.25, -0.2) is 0 Å². The summed E-state index contributed by atoms with van der Waals surface area (Å²) in [6, 6.07) is 4.97. The fourth-order valence-corrected chi connectivity index (χ4v) is 3.49. The minimum atomic E-state index is -0.407. The molecule has 0 saturated heterocycles. The van der Waals surface area contributed by atoms with Gasteiger partial charge in [-0.3, -0.25) is 4.79 Å². The third-order valence-electron chi connectivity index (χ3n) is 4.76. The van der Waals surface area contributed by atoms with Crippen LogP contribution in [0.25, 0.3) is 22.3 Å². The van der Waals surface area contributed by atoms with Crippen LogP contribution >= 0.6 is 0 Å². The van der Waals surface area contributed by atoms with Crippen LogP contribution in [0.3, 0.4) is 0 Å². The average Bonchev–Trinajstić information content (AvgIpc) is 3.40. The van der Waals surface area contributed by atoms with Crippen LogP contribution in [0.2, 0.25) is 0 Å². The lowest BCUT2D eigenvalue weighted by molar-refractivity contribution is 0.171. The van der Waals surface area contributed by atoms with Crippen LogP contribution in [0.1, 0.15) is 0 Å². The fraction of sp³-hybridized carbons (Fsp3) is 0.250. The molecule has 2 aromatic carbocycles. The monoisotopic (exact) mass is 400 g/mol. The Morgan fingerprint density at radius 1 is 0.793 bits per heavy atom. The summed E-state index contributed by atoms with van der Waals surface area (Å²) in [6.07, 6.45) is 0. The van der Waals surface area contributed by atoms with Crippen LogP contribution in [-0.2, 0) is 0 Å². The van der Waals surface area contributed by atoms with Gasteiger partial charge >= 0.3 is 0 Å². The van der Waals surface area contributed by atoms with Crippen molar-refractivity contribution in [3.63, 3.8) is 0 Å². The SMILES string of the molecule is COc1cc(-c2oc3cc4c(c(OC)c3c(=O)c2OC)OCO4)cc2c1OCO2. The van der Waals surface area contributed by atoms with Gasteiger partial charge in [0.05, 0.1) is 21.3 Å². The highest BCUT2D eigenvalue weighted by atomic mass is 16.7. The number of hydrogen-bond donors (Lipinski definition) is 0. The zero-order chi connectivity index (χ0) is 20.1. The Hall–Kier alpha value is -3.75. The first-order chi connectivity index (χ1) is 14.2.